The molecule has 0 bridgehead atoms. The van der Waals surface area contributed by atoms with Crippen molar-refractivity contribution in [2.45, 2.75) is 11.3 Å². The lowest BCUT2D eigenvalue weighted by molar-refractivity contribution is -0.114. The molecule has 3 rings (SSSR count). The van der Waals surface area contributed by atoms with E-state index in [0.717, 1.165) is 15.6 Å². The SMILES string of the molecule is CC(=O)Nc1ccc(C(=O)CSc2nc(-c3ccccc3)cs2)cc1. The maximum atomic E-state index is 12.3. The molecule has 0 spiro atoms. The summed E-state index contributed by atoms with van der Waals surface area (Å²) in [5, 5.41) is 4.69. The van der Waals surface area contributed by atoms with Gasteiger partial charge in [-0.1, -0.05) is 42.1 Å². The summed E-state index contributed by atoms with van der Waals surface area (Å²) >= 11 is 2.98. The zero-order valence-corrected chi connectivity index (χ0v) is 15.2. The summed E-state index contributed by atoms with van der Waals surface area (Å²) in [5.74, 6) is 0.241. The standard InChI is InChI=1S/C19H16N2O2S2/c1-13(22)20-16-9-7-15(8-10-16)18(23)12-25-19-21-17(11-24-19)14-5-3-2-4-6-14/h2-11H,12H2,1H3,(H,20,22). The van der Waals surface area contributed by atoms with Crippen molar-refractivity contribution < 1.29 is 9.59 Å². The van der Waals surface area contributed by atoms with Gasteiger partial charge in [-0.2, -0.15) is 0 Å². The third kappa shape index (κ3) is 4.78. The first-order chi connectivity index (χ1) is 12.1. The molecule has 126 valence electrons. The Bertz CT molecular complexity index is 874. The minimum atomic E-state index is -0.132. The van der Waals surface area contributed by atoms with Gasteiger partial charge in [0.05, 0.1) is 11.4 Å². The van der Waals surface area contributed by atoms with Crippen molar-refractivity contribution >= 4 is 40.5 Å². The van der Waals surface area contributed by atoms with E-state index < -0.39 is 0 Å². The minimum Gasteiger partial charge on any atom is -0.326 e. The van der Waals surface area contributed by atoms with Crippen LogP contribution in [0.5, 0.6) is 0 Å². The van der Waals surface area contributed by atoms with Crippen LogP contribution in [-0.4, -0.2) is 22.4 Å². The maximum absolute atomic E-state index is 12.3. The molecule has 0 aliphatic carbocycles. The average Bonchev–Trinajstić information content (AvgIpc) is 3.10. The van der Waals surface area contributed by atoms with Crippen LogP contribution in [0, 0.1) is 0 Å². The molecule has 1 amide bonds. The summed E-state index contributed by atoms with van der Waals surface area (Å²) in [4.78, 5) is 27.9. The molecular weight excluding hydrogens is 352 g/mol. The number of anilines is 1. The quantitative estimate of drug-likeness (QED) is 0.504. The predicted molar refractivity (Wildman–Crippen MR) is 103 cm³/mol. The Kier molecular flexibility index (Phi) is 5.63. The van der Waals surface area contributed by atoms with Crippen LogP contribution >= 0.6 is 23.1 Å². The number of ketones is 1. The Morgan fingerprint density at radius 1 is 1.08 bits per heavy atom. The van der Waals surface area contributed by atoms with Gasteiger partial charge in [-0.3, -0.25) is 9.59 Å². The molecule has 0 aliphatic rings. The first-order valence-electron chi connectivity index (χ1n) is 7.66. The number of hydrogen-bond acceptors (Lipinski definition) is 5. The van der Waals surface area contributed by atoms with Crippen LogP contribution < -0.4 is 5.32 Å². The van der Waals surface area contributed by atoms with Gasteiger partial charge in [0.1, 0.15) is 0 Å². The van der Waals surface area contributed by atoms with E-state index >= 15 is 0 Å². The zero-order valence-electron chi connectivity index (χ0n) is 13.6. The smallest absolute Gasteiger partial charge is 0.221 e. The molecule has 0 saturated heterocycles. The van der Waals surface area contributed by atoms with Crippen molar-refractivity contribution in [2.24, 2.45) is 0 Å². The lowest BCUT2D eigenvalue weighted by Gasteiger charge is -2.03. The second-order valence-electron chi connectivity index (χ2n) is 5.34. The fraction of sp³-hybridized carbons (Fsp3) is 0.105. The first kappa shape index (κ1) is 17.4. The van der Waals surface area contributed by atoms with E-state index in [4.69, 9.17) is 0 Å². The molecule has 0 unspecified atom stereocenters. The average molecular weight is 368 g/mol. The van der Waals surface area contributed by atoms with Crippen molar-refractivity contribution in [1.29, 1.82) is 0 Å². The number of Topliss-reactive ketones (excluding diaryl/α,β-unsaturated/α-hetero) is 1. The molecule has 3 aromatic rings. The van der Waals surface area contributed by atoms with E-state index in [9.17, 15) is 9.59 Å². The Morgan fingerprint density at radius 3 is 2.48 bits per heavy atom. The lowest BCUT2D eigenvalue weighted by Crippen LogP contribution is -2.06. The van der Waals surface area contributed by atoms with E-state index in [1.165, 1.54) is 18.7 Å². The second-order valence-corrected chi connectivity index (χ2v) is 7.42. The fourth-order valence-electron chi connectivity index (χ4n) is 2.22. The van der Waals surface area contributed by atoms with Crippen molar-refractivity contribution in [3.63, 3.8) is 0 Å². The van der Waals surface area contributed by atoms with Gasteiger partial charge in [0.15, 0.2) is 10.1 Å². The molecule has 0 saturated carbocycles. The van der Waals surface area contributed by atoms with E-state index in [1.807, 2.05) is 35.7 Å². The Hall–Kier alpha value is -2.44. The third-order valence-corrected chi connectivity index (χ3v) is 5.43. The summed E-state index contributed by atoms with van der Waals surface area (Å²) in [6, 6.07) is 16.9. The largest absolute Gasteiger partial charge is 0.326 e. The summed E-state index contributed by atoms with van der Waals surface area (Å²) in [7, 11) is 0. The Balaban J connectivity index is 1.59. The predicted octanol–water partition coefficient (Wildman–Crippen LogP) is 4.74. The zero-order chi connectivity index (χ0) is 17.6. The maximum Gasteiger partial charge on any atom is 0.221 e. The van der Waals surface area contributed by atoms with Crippen molar-refractivity contribution in [3.8, 4) is 11.3 Å². The van der Waals surface area contributed by atoms with E-state index in [-0.39, 0.29) is 11.7 Å². The van der Waals surface area contributed by atoms with Gasteiger partial charge in [0.2, 0.25) is 5.91 Å². The minimum absolute atomic E-state index is 0.0378. The fourth-order valence-corrected chi connectivity index (χ4v) is 3.95. The summed E-state index contributed by atoms with van der Waals surface area (Å²) in [5.41, 5.74) is 3.32. The Morgan fingerprint density at radius 2 is 1.80 bits per heavy atom. The lowest BCUT2D eigenvalue weighted by atomic mass is 10.1. The first-order valence-corrected chi connectivity index (χ1v) is 9.53. The van der Waals surface area contributed by atoms with Gasteiger partial charge in [0.25, 0.3) is 0 Å². The van der Waals surface area contributed by atoms with E-state index in [1.54, 1.807) is 35.6 Å². The number of hydrogen-bond donors (Lipinski definition) is 1. The van der Waals surface area contributed by atoms with Crippen LogP contribution in [0.1, 0.15) is 17.3 Å². The summed E-state index contributed by atoms with van der Waals surface area (Å²) in [6.07, 6.45) is 0. The number of aromatic nitrogens is 1. The number of carbonyl (C=O) groups excluding carboxylic acids is 2. The molecule has 4 nitrogen and oxygen atoms in total. The van der Waals surface area contributed by atoms with Crippen LogP contribution in [0.2, 0.25) is 0 Å². The normalized spacial score (nSPS) is 10.4. The van der Waals surface area contributed by atoms with E-state index in [2.05, 4.69) is 10.3 Å². The molecule has 0 radical (unpaired) electrons. The van der Waals surface area contributed by atoms with Crippen LogP contribution in [0.25, 0.3) is 11.3 Å². The molecule has 25 heavy (non-hydrogen) atoms. The molecule has 1 heterocycles. The topological polar surface area (TPSA) is 59.1 Å². The molecule has 1 aromatic heterocycles. The number of carbonyl (C=O) groups is 2. The van der Waals surface area contributed by atoms with Crippen LogP contribution in [-0.2, 0) is 4.79 Å². The number of rotatable bonds is 6. The summed E-state index contributed by atoms with van der Waals surface area (Å²) < 4.78 is 0.877. The van der Waals surface area contributed by atoms with Gasteiger partial charge >= 0.3 is 0 Å². The highest BCUT2D eigenvalue weighted by molar-refractivity contribution is 8.01. The van der Waals surface area contributed by atoms with Crippen LogP contribution in [0.15, 0.2) is 64.3 Å². The highest BCUT2D eigenvalue weighted by Crippen LogP contribution is 2.28. The highest BCUT2D eigenvalue weighted by Gasteiger charge is 2.10. The van der Waals surface area contributed by atoms with Crippen molar-refractivity contribution in [1.82, 2.24) is 4.98 Å². The number of nitrogens with one attached hydrogen (secondary N) is 1. The number of thiazole rings is 1. The van der Waals surface area contributed by atoms with Crippen LogP contribution in [0.4, 0.5) is 5.69 Å². The molecule has 0 fully saturated rings. The van der Waals surface area contributed by atoms with Crippen molar-refractivity contribution in [2.75, 3.05) is 11.1 Å². The van der Waals surface area contributed by atoms with Gasteiger partial charge < -0.3 is 5.32 Å². The highest BCUT2D eigenvalue weighted by atomic mass is 32.2. The van der Waals surface area contributed by atoms with Gasteiger partial charge in [-0.25, -0.2) is 4.98 Å². The third-order valence-electron chi connectivity index (χ3n) is 3.41. The molecule has 1 N–H and O–H groups in total. The second kappa shape index (κ2) is 8.09. The molecule has 2 aromatic carbocycles. The van der Waals surface area contributed by atoms with Gasteiger partial charge in [-0.05, 0) is 24.3 Å². The van der Waals surface area contributed by atoms with Crippen LogP contribution in [0.3, 0.4) is 0 Å². The number of thioether (sulfide) groups is 1. The molecule has 0 atom stereocenters. The monoisotopic (exact) mass is 368 g/mol. The number of benzene rings is 2. The van der Waals surface area contributed by atoms with Crippen molar-refractivity contribution in [3.05, 3.63) is 65.5 Å². The van der Waals surface area contributed by atoms with Gasteiger partial charge in [0, 0.05) is 29.1 Å². The number of nitrogens with zero attached hydrogens (tertiary/aromatic N) is 1. The molecular formula is C19H16N2O2S2. The number of amides is 1. The summed E-state index contributed by atoms with van der Waals surface area (Å²) in [6.45, 7) is 1.45. The molecule has 6 heteroatoms. The van der Waals surface area contributed by atoms with E-state index in [0.29, 0.717) is 17.0 Å². The Labute approximate surface area is 154 Å². The molecule has 0 aliphatic heterocycles. The van der Waals surface area contributed by atoms with Gasteiger partial charge in [-0.15, -0.1) is 11.3 Å².